The van der Waals surface area contributed by atoms with E-state index in [2.05, 4.69) is 20.3 Å². The largest absolute Gasteiger partial charge is 0.382 e. The van der Waals surface area contributed by atoms with Crippen LogP contribution in [0.15, 0.2) is 11.3 Å². The smallest absolute Gasteiger partial charge is 0.238 e. The maximum absolute atomic E-state index is 6.05. The van der Waals surface area contributed by atoms with Crippen molar-refractivity contribution in [3.63, 3.8) is 0 Å². The zero-order valence-corrected chi connectivity index (χ0v) is 8.43. The van der Waals surface area contributed by atoms with Crippen molar-refractivity contribution >= 4 is 11.7 Å². The van der Waals surface area contributed by atoms with Crippen molar-refractivity contribution in [2.45, 2.75) is 12.1 Å². The molecule has 1 saturated heterocycles. The van der Waals surface area contributed by atoms with E-state index in [1.54, 1.807) is 0 Å². The zero-order chi connectivity index (χ0) is 11.2. The first-order valence-corrected chi connectivity index (χ1v) is 4.88. The molecule has 1 aromatic heterocycles. The molecule has 86 valence electrons. The van der Waals surface area contributed by atoms with Crippen LogP contribution in [0.4, 0.5) is 5.82 Å². The first kappa shape index (κ1) is 9.58. The Labute approximate surface area is 91.0 Å². The van der Waals surface area contributed by atoms with Crippen molar-refractivity contribution in [1.82, 2.24) is 9.97 Å². The highest BCUT2D eigenvalue weighted by atomic mass is 16.7. The number of hydrogen-bond acceptors (Lipinski definition) is 7. The summed E-state index contributed by atoms with van der Waals surface area (Å²) in [5.41, 5.74) is 12.5. The van der Waals surface area contributed by atoms with Crippen LogP contribution in [0.25, 0.3) is 0 Å². The van der Waals surface area contributed by atoms with Gasteiger partial charge in [0.2, 0.25) is 12.1 Å². The van der Waals surface area contributed by atoms with E-state index in [4.69, 9.17) is 20.9 Å². The molecule has 2 aliphatic heterocycles. The number of hydrogen-bond donors (Lipinski definition) is 4. The van der Waals surface area contributed by atoms with Gasteiger partial charge in [0.25, 0.3) is 0 Å². The lowest BCUT2D eigenvalue weighted by molar-refractivity contribution is -0.0847. The lowest BCUT2D eigenvalue weighted by Crippen LogP contribution is -2.59. The SMILES string of the molecule is NC1=NC(N)(C2OCCO2)Nc2nc[nH]c21. The van der Waals surface area contributed by atoms with E-state index < -0.39 is 12.1 Å². The lowest BCUT2D eigenvalue weighted by atomic mass is 10.2. The third kappa shape index (κ3) is 1.28. The summed E-state index contributed by atoms with van der Waals surface area (Å²) in [6, 6.07) is 0. The van der Waals surface area contributed by atoms with E-state index >= 15 is 0 Å². The molecule has 2 aliphatic rings. The minimum Gasteiger partial charge on any atom is -0.382 e. The fraction of sp³-hybridized carbons (Fsp3) is 0.500. The van der Waals surface area contributed by atoms with E-state index in [0.29, 0.717) is 24.7 Å². The number of aromatic nitrogens is 2. The molecular formula is C8H12N6O2. The summed E-state index contributed by atoms with van der Waals surface area (Å²) in [5, 5.41) is 2.94. The third-order valence-electron chi connectivity index (χ3n) is 2.50. The minimum atomic E-state index is -1.22. The van der Waals surface area contributed by atoms with Gasteiger partial charge in [-0.2, -0.15) is 0 Å². The Morgan fingerprint density at radius 1 is 1.44 bits per heavy atom. The molecule has 3 rings (SSSR count). The number of ether oxygens (including phenoxy) is 2. The van der Waals surface area contributed by atoms with Crippen LogP contribution >= 0.6 is 0 Å². The van der Waals surface area contributed by atoms with E-state index in [1.807, 2.05) is 0 Å². The standard InChI is InChI=1S/C8H12N6O2/c9-5-4-6(12-3-11-4)14-8(10,13-5)7-15-1-2-16-7/h3,7,14H,1-2,10H2,(H2,9,13)(H,11,12). The Balaban J connectivity index is 1.97. The van der Waals surface area contributed by atoms with Gasteiger partial charge >= 0.3 is 0 Å². The van der Waals surface area contributed by atoms with Gasteiger partial charge in [-0.3, -0.25) is 5.73 Å². The second-order valence-electron chi connectivity index (χ2n) is 3.65. The molecule has 0 amide bonds. The maximum atomic E-state index is 6.05. The Kier molecular flexibility index (Phi) is 1.90. The number of rotatable bonds is 1. The van der Waals surface area contributed by atoms with Crippen LogP contribution in [0.3, 0.4) is 0 Å². The lowest BCUT2D eigenvalue weighted by Gasteiger charge is -2.33. The van der Waals surface area contributed by atoms with Crippen LogP contribution in [0.5, 0.6) is 0 Å². The number of nitrogens with two attached hydrogens (primary N) is 2. The normalized spacial score (nSPS) is 29.7. The topological polar surface area (TPSA) is 124 Å². The predicted octanol–water partition coefficient (Wildman–Crippen LogP) is -1.47. The Bertz CT molecular complexity index is 437. The summed E-state index contributed by atoms with van der Waals surface area (Å²) in [6.45, 7) is 0.988. The number of aromatic amines is 1. The molecule has 0 aliphatic carbocycles. The summed E-state index contributed by atoms with van der Waals surface area (Å²) in [4.78, 5) is 11.1. The average molecular weight is 224 g/mol. The van der Waals surface area contributed by atoms with Gasteiger partial charge in [0, 0.05) is 0 Å². The highest BCUT2D eigenvalue weighted by molar-refractivity contribution is 6.01. The van der Waals surface area contributed by atoms with Gasteiger partial charge in [-0.1, -0.05) is 0 Å². The molecule has 1 fully saturated rings. The number of fused-ring (bicyclic) bond motifs is 1. The van der Waals surface area contributed by atoms with Crippen LogP contribution in [0.2, 0.25) is 0 Å². The summed E-state index contributed by atoms with van der Waals surface area (Å²) in [6.07, 6.45) is 0.859. The summed E-state index contributed by atoms with van der Waals surface area (Å²) < 4.78 is 10.7. The number of anilines is 1. The number of imidazole rings is 1. The van der Waals surface area contributed by atoms with Crippen molar-refractivity contribution in [2.75, 3.05) is 18.5 Å². The number of aliphatic imine (C=N–C) groups is 1. The van der Waals surface area contributed by atoms with Gasteiger partial charge in [0.15, 0.2) is 5.82 Å². The zero-order valence-electron chi connectivity index (χ0n) is 8.43. The number of H-pyrrole nitrogens is 1. The molecule has 3 heterocycles. The van der Waals surface area contributed by atoms with Gasteiger partial charge in [-0.25, -0.2) is 9.98 Å². The highest BCUT2D eigenvalue weighted by Crippen LogP contribution is 2.26. The van der Waals surface area contributed by atoms with Crippen LogP contribution in [0.1, 0.15) is 5.69 Å². The van der Waals surface area contributed by atoms with Crippen molar-refractivity contribution in [1.29, 1.82) is 0 Å². The van der Waals surface area contributed by atoms with E-state index in [-0.39, 0.29) is 5.84 Å². The third-order valence-corrected chi connectivity index (χ3v) is 2.50. The number of nitrogens with one attached hydrogen (secondary N) is 2. The molecule has 8 nitrogen and oxygen atoms in total. The highest BCUT2D eigenvalue weighted by Gasteiger charge is 2.43. The monoisotopic (exact) mass is 224 g/mol. The van der Waals surface area contributed by atoms with E-state index in [9.17, 15) is 0 Å². The fourth-order valence-corrected chi connectivity index (χ4v) is 1.78. The van der Waals surface area contributed by atoms with E-state index in [0.717, 1.165) is 0 Å². The van der Waals surface area contributed by atoms with Crippen LogP contribution in [-0.4, -0.2) is 41.1 Å². The first-order chi connectivity index (χ1) is 7.69. The molecule has 0 spiro atoms. The molecule has 0 aromatic carbocycles. The second-order valence-corrected chi connectivity index (χ2v) is 3.65. The van der Waals surface area contributed by atoms with Crippen LogP contribution < -0.4 is 16.8 Å². The van der Waals surface area contributed by atoms with Gasteiger partial charge in [0.1, 0.15) is 11.5 Å². The first-order valence-electron chi connectivity index (χ1n) is 4.88. The maximum Gasteiger partial charge on any atom is 0.238 e. The van der Waals surface area contributed by atoms with Crippen molar-refractivity contribution in [3.05, 3.63) is 12.0 Å². The van der Waals surface area contributed by atoms with Gasteiger partial charge in [-0.05, 0) is 0 Å². The molecular weight excluding hydrogens is 212 g/mol. The van der Waals surface area contributed by atoms with Gasteiger partial charge in [-0.15, -0.1) is 0 Å². The van der Waals surface area contributed by atoms with Crippen molar-refractivity contribution < 1.29 is 9.47 Å². The Hall–Kier alpha value is -1.64. The van der Waals surface area contributed by atoms with Gasteiger partial charge < -0.3 is 25.5 Å². The van der Waals surface area contributed by atoms with E-state index in [1.165, 1.54) is 6.33 Å². The van der Waals surface area contributed by atoms with Crippen LogP contribution in [-0.2, 0) is 9.47 Å². The van der Waals surface area contributed by atoms with Crippen molar-refractivity contribution in [3.8, 4) is 0 Å². The van der Waals surface area contributed by atoms with Gasteiger partial charge in [0.05, 0.1) is 19.5 Å². The Morgan fingerprint density at radius 2 is 2.19 bits per heavy atom. The Morgan fingerprint density at radius 3 is 2.94 bits per heavy atom. The molecule has 0 radical (unpaired) electrons. The summed E-state index contributed by atoms with van der Waals surface area (Å²) in [5.74, 6) is -0.384. The molecule has 1 aromatic rings. The quantitative estimate of drug-likeness (QED) is 0.461. The van der Waals surface area contributed by atoms with Crippen LogP contribution in [0, 0.1) is 0 Å². The molecule has 16 heavy (non-hydrogen) atoms. The number of nitrogens with zero attached hydrogens (tertiary/aromatic N) is 2. The molecule has 0 bridgehead atoms. The number of amidine groups is 1. The molecule has 0 saturated carbocycles. The second kappa shape index (κ2) is 3.17. The molecule has 8 heteroatoms. The summed E-state index contributed by atoms with van der Waals surface area (Å²) >= 11 is 0. The fourth-order valence-electron chi connectivity index (χ4n) is 1.78. The molecule has 1 unspecified atom stereocenters. The summed E-state index contributed by atoms with van der Waals surface area (Å²) in [7, 11) is 0. The average Bonchev–Trinajstić information content (AvgIpc) is 2.86. The minimum absolute atomic E-state index is 0.285. The molecule has 1 atom stereocenters. The van der Waals surface area contributed by atoms with Crippen molar-refractivity contribution in [2.24, 2.45) is 16.5 Å². The predicted molar refractivity (Wildman–Crippen MR) is 55.5 cm³/mol. The molecule has 6 N–H and O–H groups in total.